The van der Waals surface area contributed by atoms with E-state index in [-0.39, 0.29) is 0 Å². The SMILES string of the molecule is Cc1nc(N)c(C)c(N2CCCc3ccccc32)n1. The van der Waals surface area contributed by atoms with E-state index in [1.54, 1.807) is 0 Å². The summed E-state index contributed by atoms with van der Waals surface area (Å²) >= 11 is 0. The van der Waals surface area contributed by atoms with E-state index >= 15 is 0 Å². The fraction of sp³-hybridized carbons (Fsp3) is 0.333. The minimum Gasteiger partial charge on any atom is -0.383 e. The summed E-state index contributed by atoms with van der Waals surface area (Å²) in [6.07, 6.45) is 2.27. The molecule has 3 rings (SSSR count). The molecule has 98 valence electrons. The molecule has 0 radical (unpaired) electrons. The van der Waals surface area contributed by atoms with Gasteiger partial charge in [-0.2, -0.15) is 0 Å². The van der Waals surface area contributed by atoms with Gasteiger partial charge in [0.2, 0.25) is 0 Å². The Labute approximate surface area is 113 Å². The first-order valence-corrected chi connectivity index (χ1v) is 6.63. The van der Waals surface area contributed by atoms with Gasteiger partial charge in [-0.3, -0.25) is 0 Å². The van der Waals surface area contributed by atoms with Crippen LogP contribution in [0.3, 0.4) is 0 Å². The van der Waals surface area contributed by atoms with Crippen LogP contribution in [0.2, 0.25) is 0 Å². The van der Waals surface area contributed by atoms with Crippen LogP contribution in [0.5, 0.6) is 0 Å². The van der Waals surface area contributed by atoms with Crippen LogP contribution in [0.1, 0.15) is 23.4 Å². The van der Waals surface area contributed by atoms with E-state index in [1.807, 2.05) is 13.8 Å². The van der Waals surface area contributed by atoms with E-state index in [9.17, 15) is 0 Å². The lowest BCUT2D eigenvalue weighted by Gasteiger charge is -2.31. The molecule has 1 aliphatic rings. The Morgan fingerprint density at radius 2 is 1.95 bits per heavy atom. The van der Waals surface area contributed by atoms with Crippen LogP contribution in [-0.2, 0) is 6.42 Å². The average molecular weight is 254 g/mol. The number of benzene rings is 1. The number of nitrogens with two attached hydrogens (primary N) is 1. The van der Waals surface area contributed by atoms with Crippen LogP contribution in [0.25, 0.3) is 0 Å². The van der Waals surface area contributed by atoms with Crippen molar-refractivity contribution < 1.29 is 0 Å². The van der Waals surface area contributed by atoms with Crippen molar-refractivity contribution in [2.75, 3.05) is 17.2 Å². The van der Waals surface area contributed by atoms with Gasteiger partial charge in [-0.25, -0.2) is 9.97 Å². The molecule has 1 aliphatic heterocycles. The largest absolute Gasteiger partial charge is 0.383 e. The van der Waals surface area contributed by atoms with Crippen molar-refractivity contribution in [3.8, 4) is 0 Å². The first-order valence-electron chi connectivity index (χ1n) is 6.63. The van der Waals surface area contributed by atoms with Crippen LogP contribution in [0.15, 0.2) is 24.3 Å². The van der Waals surface area contributed by atoms with Crippen LogP contribution < -0.4 is 10.6 Å². The summed E-state index contributed by atoms with van der Waals surface area (Å²) in [5.41, 5.74) is 9.55. The number of nitrogens with zero attached hydrogens (tertiary/aromatic N) is 3. The predicted molar refractivity (Wildman–Crippen MR) is 77.7 cm³/mol. The lowest BCUT2D eigenvalue weighted by atomic mass is 10.0. The molecular weight excluding hydrogens is 236 g/mol. The van der Waals surface area contributed by atoms with Gasteiger partial charge in [0, 0.05) is 17.8 Å². The Kier molecular flexibility index (Phi) is 2.85. The molecule has 0 amide bonds. The second-order valence-electron chi connectivity index (χ2n) is 4.99. The van der Waals surface area contributed by atoms with Gasteiger partial charge in [0.15, 0.2) is 0 Å². The minimum atomic E-state index is 0.575. The van der Waals surface area contributed by atoms with Gasteiger partial charge >= 0.3 is 0 Å². The second-order valence-corrected chi connectivity index (χ2v) is 4.99. The maximum absolute atomic E-state index is 5.97. The first-order chi connectivity index (χ1) is 9.16. The number of hydrogen-bond donors (Lipinski definition) is 1. The van der Waals surface area contributed by atoms with Gasteiger partial charge in [-0.1, -0.05) is 18.2 Å². The quantitative estimate of drug-likeness (QED) is 0.850. The molecule has 0 spiro atoms. The highest BCUT2D eigenvalue weighted by Crippen LogP contribution is 2.34. The molecule has 4 nitrogen and oxygen atoms in total. The van der Waals surface area contributed by atoms with Gasteiger partial charge in [0.1, 0.15) is 17.5 Å². The van der Waals surface area contributed by atoms with Crippen LogP contribution >= 0.6 is 0 Å². The van der Waals surface area contributed by atoms with E-state index in [2.05, 4.69) is 39.1 Å². The lowest BCUT2D eigenvalue weighted by Crippen LogP contribution is -2.26. The first kappa shape index (κ1) is 12.0. The molecule has 0 bridgehead atoms. The molecule has 1 aromatic carbocycles. The third-order valence-electron chi connectivity index (χ3n) is 3.64. The predicted octanol–water partition coefficient (Wildman–Crippen LogP) is 2.76. The fourth-order valence-electron chi connectivity index (χ4n) is 2.65. The van der Waals surface area contributed by atoms with Crippen molar-refractivity contribution in [2.24, 2.45) is 0 Å². The number of aryl methyl sites for hydroxylation is 2. The number of anilines is 3. The van der Waals surface area contributed by atoms with Crippen molar-refractivity contribution in [1.82, 2.24) is 9.97 Å². The highest BCUT2D eigenvalue weighted by Gasteiger charge is 2.21. The molecule has 0 fully saturated rings. The molecule has 4 heteroatoms. The second kappa shape index (κ2) is 4.53. The molecule has 2 N–H and O–H groups in total. The number of rotatable bonds is 1. The molecule has 2 heterocycles. The summed E-state index contributed by atoms with van der Waals surface area (Å²) in [7, 11) is 0. The third-order valence-corrected chi connectivity index (χ3v) is 3.64. The molecule has 0 aliphatic carbocycles. The normalized spacial score (nSPS) is 14.3. The van der Waals surface area contributed by atoms with Crippen molar-refractivity contribution in [3.05, 3.63) is 41.2 Å². The van der Waals surface area contributed by atoms with E-state index in [4.69, 9.17) is 5.73 Å². The molecule has 0 unspecified atom stereocenters. The van der Waals surface area contributed by atoms with Crippen molar-refractivity contribution in [2.45, 2.75) is 26.7 Å². The van der Waals surface area contributed by atoms with E-state index in [0.29, 0.717) is 5.82 Å². The highest BCUT2D eigenvalue weighted by molar-refractivity contribution is 5.69. The monoisotopic (exact) mass is 254 g/mol. The molecule has 1 aromatic heterocycles. The Morgan fingerprint density at radius 3 is 2.79 bits per heavy atom. The van der Waals surface area contributed by atoms with E-state index in [1.165, 1.54) is 11.3 Å². The zero-order valence-electron chi connectivity index (χ0n) is 11.3. The topological polar surface area (TPSA) is 55.0 Å². The zero-order valence-corrected chi connectivity index (χ0v) is 11.3. The Morgan fingerprint density at radius 1 is 1.16 bits per heavy atom. The summed E-state index contributed by atoms with van der Waals surface area (Å²) in [5.74, 6) is 2.24. The molecule has 0 saturated carbocycles. The summed E-state index contributed by atoms with van der Waals surface area (Å²) in [6, 6.07) is 8.51. The van der Waals surface area contributed by atoms with Crippen LogP contribution in [0.4, 0.5) is 17.3 Å². The lowest BCUT2D eigenvalue weighted by molar-refractivity contribution is 0.754. The van der Waals surface area contributed by atoms with Crippen molar-refractivity contribution in [3.63, 3.8) is 0 Å². The number of fused-ring (bicyclic) bond motifs is 1. The Hall–Kier alpha value is -2.10. The summed E-state index contributed by atoms with van der Waals surface area (Å²) in [4.78, 5) is 11.1. The zero-order chi connectivity index (χ0) is 13.4. The number of para-hydroxylation sites is 1. The molecule has 19 heavy (non-hydrogen) atoms. The molecule has 2 aromatic rings. The summed E-state index contributed by atoms with van der Waals surface area (Å²) < 4.78 is 0. The average Bonchev–Trinajstić information content (AvgIpc) is 2.42. The van der Waals surface area contributed by atoms with Crippen LogP contribution in [0, 0.1) is 13.8 Å². The maximum Gasteiger partial charge on any atom is 0.141 e. The van der Waals surface area contributed by atoms with E-state index in [0.717, 1.165) is 36.6 Å². The number of aromatic nitrogens is 2. The van der Waals surface area contributed by atoms with Gasteiger partial charge in [0.25, 0.3) is 0 Å². The third kappa shape index (κ3) is 2.03. The van der Waals surface area contributed by atoms with Crippen LogP contribution in [-0.4, -0.2) is 16.5 Å². The van der Waals surface area contributed by atoms with Gasteiger partial charge < -0.3 is 10.6 Å². The van der Waals surface area contributed by atoms with Crippen molar-refractivity contribution >= 4 is 17.3 Å². The summed E-state index contributed by atoms with van der Waals surface area (Å²) in [6.45, 7) is 4.85. The Balaban J connectivity index is 2.14. The molecule has 0 atom stereocenters. The van der Waals surface area contributed by atoms with Gasteiger partial charge in [-0.15, -0.1) is 0 Å². The Bertz CT molecular complexity index is 622. The maximum atomic E-state index is 5.97. The smallest absolute Gasteiger partial charge is 0.141 e. The molecular formula is C15H18N4. The number of nitrogen functional groups attached to an aromatic ring is 1. The van der Waals surface area contributed by atoms with Gasteiger partial charge in [-0.05, 0) is 38.3 Å². The summed E-state index contributed by atoms with van der Waals surface area (Å²) in [5, 5.41) is 0. The fourth-order valence-corrected chi connectivity index (χ4v) is 2.65. The minimum absolute atomic E-state index is 0.575. The number of hydrogen-bond acceptors (Lipinski definition) is 4. The van der Waals surface area contributed by atoms with Gasteiger partial charge in [0.05, 0.1) is 0 Å². The molecule has 0 saturated heterocycles. The van der Waals surface area contributed by atoms with Crippen molar-refractivity contribution in [1.29, 1.82) is 0 Å². The van der Waals surface area contributed by atoms with E-state index < -0.39 is 0 Å². The highest BCUT2D eigenvalue weighted by atomic mass is 15.2. The standard InChI is InChI=1S/C15H18N4/c1-10-14(16)17-11(2)18-15(10)19-9-5-7-12-6-3-4-8-13(12)19/h3-4,6,8H,5,7,9H2,1-2H3,(H2,16,17,18).